The molecule has 2 aromatic carbocycles. The lowest BCUT2D eigenvalue weighted by Crippen LogP contribution is -2.30. The Bertz CT molecular complexity index is 1870. The van der Waals surface area contributed by atoms with Gasteiger partial charge < -0.3 is 39.9 Å². The van der Waals surface area contributed by atoms with Crippen LogP contribution in [0.2, 0.25) is 0 Å². The van der Waals surface area contributed by atoms with E-state index >= 15 is 0 Å². The molecular formula is C43H48N2O8S2. The lowest BCUT2D eigenvalue weighted by molar-refractivity contribution is -0.118. The molecular weight excluding hydrogens is 737 g/mol. The van der Waals surface area contributed by atoms with Gasteiger partial charge in [0.25, 0.3) is 0 Å². The fourth-order valence-electron chi connectivity index (χ4n) is 6.43. The van der Waals surface area contributed by atoms with E-state index < -0.39 is 5.41 Å². The summed E-state index contributed by atoms with van der Waals surface area (Å²) in [5, 5.41) is 0. The van der Waals surface area contributed by atoms with Gasteiger partial charge in [-0.15, -0.1) is 22.7 Å². The Morgan fingerprint density at radius 1 is 0.545 bits per heavy atom. The summed E-state index contributed by atoms with van der Waals surface area (Å²) in [6.07, 6.45) is 1.78. The van der Waals surface area contributed by atoms with Gasteiger partial charge in [-0.1, -0.05) is 35.8 Å². The number of carbonyl (C=O) groups excluding carboxylic acids is 2. The number of fused-ring (bicyclic) bond motifs is 3. The van der Waals surface area contributed by atoms with E-state index in [1.165, 1.54) is 22.7 Å². The molecule has 1 aliphatic rings. The predicted molar refractivity (Wildman–Crippen MR) is 215 cm³/mol. The zero-order valence-corrected chi connectivity index (χ0v) is 33.0. The highest BCUT2D eigenvalue weighted by atomic mass is 32.1. The molecule has 12 heteroatoms. The van der Waals surface area contributed by atoms with Gasteiger partial charge in [-0.2, -0.15) is 0 Å². The second kappa shape index (κ2) is 21.7. The summed E-state index contributed by atoms with van der Waals surface area (Å²) in [6, 6.07) is 20.4. The number of primary amides is 2. The van der Waals surface area contributed by atoms with Gasteiger partial charge in [0.15, 0.2) is 0 Å². The van der Waals surface area contributed by atoms with Gasteiger partial charge in [-0.05, 0) is 83.6 Å². The van der Waals surface area contributed by atoms with Crippen LogP contribution in [0.5, 0.6) is 0 Å². The Balaban J connectivity index is 1.47. The molecule has 0 saturated heterocycles. The minimum absolute atomic E-state index is 0.199. The van der Waals surface area contributed by atoms with Crippen molar-refractivity contribution < 1.29 is 38.0 Å². The van der Waals surface area contributed by atoms with E-state index in [1.54, 1.807) is 14.2 Å². The quantitative estimate of drug-likeness (QED) is 0.0832. The van der Waals surface area contributed by atoms with Gasteiger partial charge in [-0.3, -0.25) is 9.59 Å². The molecule has 0 aliphatic heterocycles. The van der Waals surface area contributed by atoms with Gasteiger partial charge in [-0.25, -0.2) is 0 Å². The van der Waals surface area contributed by atoms with Gasteiger partial charge in [0.05, 0.1) is 75.5 Å². The van der Waals surface area contributed by atoms with E-state index in [0.29, 0.717) is 78.9 Å². The first-order chi connectivity index (χ1) is 26.8. The van der Waals surface area contributed by atoms with Gasteiger partial charge in [0, 0.05) is 53.7 Å². The maximum atomic E-state index is 11.4. The van der Waals surface area contributed by atoms with E-state index in [2.05, 4.69) is 60.1 Å². The van der Waals surface area contributed by atoms with Crippen molar-refractivity contribution in [3.05, 3.63) is 102 Å². The van der Waals surface area contributed by atoms with Crippen LogP contribution < -0.4 is 11.5 Å². The van der Waals surface area contributed by atoms with Crippen molar-refractivity contribution in [1.82, 2.24) is 0 Å². The van der Waals surface area contributed by atoms with Crippen LogP contribution in [-0.2, 0) is 56.3 Å². The van der Waals surface area contributed by atoms with Crippen LogP contribution in [0.3, 0.4) is 0 Å². The van der Waals surface area contributed by atoms with Crippen molar-refractivity contribution in [3.63, 3.8) is 0 Å². The number of rotatable bonds is 22. The predicted octanol–water partition coefficient (Wildman–Crippen LogP) is 5.07. The molecule has 0 bridgehead atoms. The summed E-state index contributed by atoms with van der Waals surface area (Å²) in [5.74, 6) is 12.6. The largest absolute Gasteiger partial charge is 0.382 e. The average Bonchev–Trinajstić information content (AvgIpc) is 3.88. The first-order valence-electron chi connectivity index (χ1n) is 18.2. The van der Waals surface area contributed by atoms with Crippen molar-refractivity contribution in [1.29, 1.82) is 0 Å². The number of ether oxygens (including phenoxy) is 6. The summed E-state index contributed by atoms with van der Waals surface area (Å²) < 4.78 is 33.8. The van der Waals surface area contributed by atoms with E-state index in [-0.39, 0.29) is 24.7 Å². The summed E-state index contributed by atoms with van der Waals surface area (Å²) in [7, 11) is 3.30. The molecule has 4 N–H and O–H groups in total. The molecule has 0 fully saturated rings. The summed E-state index contributed by atoms with van der Waals surface area (Å²) in [4.78, 5) is 26.4. The van der Waals surface area contributed by atoms with Gasteiger partial charge in [0.1, 0.15) is 0 Å². The average molecular weight is 785 g/mol. The molecule has 2 heterocycles. The monoisotopic (exact) mass is 784 g/mol. The highest BCUT2D eigenvalue weighted by Crippen LogP contribution is 2.53. The lowest BCUT2D eigenvalue weighted by atomic mass is 9.72. The lowest BCUT2D eigenvalue weighted by Gasteiger charge is -2.32. The highest BCUT2D eigenvalue weighted by Gasteiger charge is 2.43. The minimum Gasteiger partial charge on any atom is -0.382 e. The summed E-state index contributed by atoms with van der Waals surface area (Å²) in [5.41, 5.74) is 16.7. The molecule has 55 heavy (non-hydrogen) atoms. The zero-order valence-electron chi connectivity index (χ0n) is 31.4. The van der Waals surface area contributed by atoms with E-state index in [0.717, 1.165) is 52.9 Å². The highest BCUT2D eigenvalue weighted by molar-refractivity contribution is 7.12. The first-order valence-corrected chi connectivity index (χ1v) is 19.8. The third kappa shape index (κ3) is 12.3. The molecule has 2 aromatic heterocycles. The molecule has 0 unspecified atom stereocenters. The zero-order chi connectivity index (χ0) is 38.9. The fraction of sp³-hybridized carbons (Fsp3) is 0.395. The van der Waals surface area contributed by atoms with Crippen LogP contribution in [0.4, 0.5) is 0 Å². The molecule has 1 aliphatic carbocycles. The number of benzene rings is 2. The van der Waals surface area contributed by atoms with Crippen molar-refractivity contribution in [2.24, 2.45) is 11.5 Å². The number of thiophene rings is 2. The second-order valence-electron chi connectivity index (χ2n) is 12.9. The number of amides is 2. The Morgan fingerprint density at radius 3 is 1.35 bits per heavy atom. The maximum absolute atomic E-state index is 11.4. The van der Waals surface area contributed by atoms with Crippen LogP contribution >= 0.6 is 22.7 Å². The number of nitrogens with two attached hydrogens (primary N) is 2. The summed E-state index contributed by atoms with van der Waals surface area (Å²) in [6.45, 7) is 4.96. The van der Waals surface area contributed by atoms with Crippen molar-refractivity contribution in [2.45, 2.75) is 31.1 Å². The standard InChI is InChI=1S/C43H48N2O8S2/c1-48-19-21-52-25-23-50-17-15-43(16-18-51-24-26-53-22-20-49-2)39-27-31(3-7-33-9-11-35(54-33)29-41(44)46)5-13-37(39)38-14-6-32(28-40(38)43)4-8-34-10-12-36(55-34)30-42(45)47/h5-6,9-14,27-28H,15-26,29-30H2,1-2H3,(H2,44,46)(H2,45,47). The van der Waals surface area contributed by atoms with Crippen LogP contribution in [0.15, 0.2) is 60.7 Å². The molecule has 2 amide bonds. The van der Waals surface area contributed by atoms with Crippen LogP contribution in [0, 0.1) is 23.7 Å². The Morgan fingerprint density at radius 2 is 0.945 bits per heavy atom. The summed E-state index contributed by atoms with van der Waals surface area (Å²) >= 11 is 2.95. The molecule has 0 radical (unpaired) electrons. The third-order valence-electron chi connectivity index (χ3n) is 8.99. The van der Waals surface area contributed by atoms with Crippen molar-refractivity contribution in [3.8, 4) is 34.8 Å². The minimum atomic E-state index is -0.469. The molecule has 5 rings (SSSR count). The normalized spacial score (nSPS) is 12.3. The topological polar surface area (TPSA) is 142 Å². The Kier molecular flexibility index (Phi) is 16.5. The smallest absolute Gasteiger partial charge is 0.222 e. The van der Waals surface area contributed by atoms with E-state index in [9.17, 15) is 9.59 Å². The molecule has 4 aromatic rings. The third-order valence-corrected chi connectivity index (χ3v) is 11.0. The van der Waals surface area contributed by atoms with Gasteiger partial charge >= 0.3 is 0 Å². The number of hydrogen-bond donors (Lipinski definition) is 2. The maximum Gasteiger partial charge on any atom is 0.222 e. The molecule has 0 saturated carbocycles. The number of methoxy groups -OCH3 is 2. The molecule has 290 valence electrons. The number of carbonyl (C=O) groups is 2. The Labute approximate surface area is 331 Å². The van der Waals surface area contributed by atoms with Crippen molar-refractivity contribution in [2.75, 3.05) is 80.3 Å². The van der Waals surface area contributed by atoms with Gasteiger partial charge in [0.2, 0.25) is 11.8 Å². The Hall–Kier alpha value is -4.34. The molecule has 0 spiro atoms. The number of hydrogen-bond acceptors (Lipinski definition) is 10. The van der Waals surface area contributed by atoms with E-state index in [1.807, 2.05) is 24.3 Å². The SMILES string of the molecule is COCCOCCOCCC1(CCOCCOCCOC)c2cc(C#Cc3ccc(CC(N)=O)s3)ccc2-c2ccc(C#Cc3ccc(CC(N)=O)s3)cc21. The van der Waals surface area contributed by atoms with Crippen LogP contribution in [0.1, 0.15) is 54.6 Å². The fourth-order valence-corrected chi connectivity index (χ4v) is 8.17. The van der Waals surface area contributed by atoms with Crippen LogP contribution in [0.25, 0.3) is 11.1 Å². The van der Waals surface area contributed by atoms with E-state index in [4.69, 9.17) is 39.9 Å². The molecule has 0 atom stereocenters. The molecule has 10 nitrogen and oxygen atoms in total. The van der Waals surface area contributed by atoms with Crippen LogP contribution in [-0.4, -0.2) is 92.1 Å². The second-order valence-corrected chi connectivity index (χ2v) is 15.2. The van der Waals surface area contributed by atoms with Crippen molar-refractivity contribution >= 4 is 34.5 Å². The first kappa shape index (κ1) is 41.8.